The van der Waals surface area contributed by atoms with Crippen LogP contribution in [0.2, 0.25) is 0 Å². The maximum Gasteiger partial charge on any atom is 0.0925 e. The predicted octanol–water partition coefficient (Wildman–Crippen LogP) is 2.32. The van der Waals surface area contributed by atoms with Crippen molar-refractivity contribution in [2.45, 2.75) is 51.6 Å². The van der Waals surface area contributed by atoms with E-state index in [1.165, 1.54) is 31.4 Å². The first-order chi connectivity index (χ1) is 9.03. The van der Waals surface area contributed by atoms with Crippen molar-refractivity contribution in [1.82, 2.24) is 20.2 Å². The highest BCUT2D eigenvalue weighted by molar-refractivity contribution is 5.08. The summed E-state index contributed by atoms with van der Waals surface area (Å²) in [7, 11) is 4.44. The molecule has 0 aliphatic heterocycles. The lowest BCUT2D eigenvalue weighted by atomic mass is 9.75. The molecular formula is C15H28N4. The zero-order chi connectivity index (χ0) is 13.9. The summed E-state index contributed by atoms with van der Waals surface area (Å²) in [5.41, 5.74) is 2.63. The minimum absolute atomic E-state index is 0.321. The normalized spacial score (nSPS) is 27.9. The first-order valence-electron chi connectivity index (χ1n) is 7.40. The number of hydrogen-bond acceptors (Lipinski definition) is 3. The number of nitrogens with zero attached hydrogens (tertiary/aromatic N) is 2. The number of aromatic nitrogens is 2. The average Bonchev–Trinajstić information content (AvgIpc) is 2.75. The highest BCUT2D eigenvalue weighted by atomic mass is 15.2. The zero-order valence-corrected chi connectivity index (χ0v) is 12.8. The van der Waals surface area contributed by atoms with Gasteiger partial charge in [-0.25, -0.2) is 4.98 Å². The number of likely N-dealkylation sites (N-methyl/N-ethyl adjacent to an activating group) is 1. The summed E-state index contributed by atoms with van der Waals surface area (Å²) in [4.78, 5) is 9.91. The van der Waals surface area contributed by atoms with Crippen molar-refractivity contribution < 1.29 is 0 Å². The van der Waals surface area contributed by atoms with E-state index in [1.54, 1.807) is 6.33 Å². The Morgan fingerprint density at radius 1 is 1.53 bits per heavy atom. The standard InChI is InChI=1S/C15H28N4/c1-12-6-5-7-15(8-12,19(3)4)10-16-9-14-13(2)17-11-18-14/h11-12,16H,5-10H2,1-4H3,(H,17,18). The Labute approximate surface area is 117 Å². The fourth-order valence-electron chi connectivity index (χ4n) is 3.34. The van der Waals surface area contributed by atoms with Gasteiger partial charge in [0, 0.05) is 24.3 Å². The summed E-state index contributed by atoms with van der Waals surface area (Å²) < 4.78 is 0. The second-order valence-corrected chi connectivity index (χ2v) is 6.40. The number of nitrogens with one attached hydrogen (secondary N) is 2. The second-order valence-electron chi connectivity index (χ2n) is 6.40. The number of rotatable bonds is 5. The predicted molar refractivity (Wildman–Crippen MR) is 79.1 cm³/mol. The first-order valence-corrected chi connectivity index (χ1v) is 7.40. The molecule has 0 amide bonds. The van der Waals surface area contributed by atoms with E-state index in [9.17, 15) is 0 Å². The van der Waals surface area contributed by atoms with Gasteiger partial charge in [-0.15, -0.1) is 0 Å². The van der Waals surface area contributed by atoms with Crippen LogP contribution in [-0.2, 0) is 6.54 Å². The molecule has 1 aromatic heterocycles. The monoisotopic (exact) mass is 264 g/mol. The fraction of sp³-hybridized carbons (Fsp3) is 0.800. The van der Waals surface area contributed by atoms with Crippen molar-refractivity contribution in [3.05, 3.63) is 17.7 Å². The van der Waals surface area contributed by atoms with Crippen LogP contribution >= 0.6 is 0 Å². The lowest BCUT2D eigenvalue weighted by molar-refractivity contribution is 0.0749. The molecule has 2 N–H and O–H groups in total. The lowest BCUT2D eigenvalue weighted by Crippen LogP contribution is -2.54. The highest BCUT2D eigenvalue weighted by Gasteiger charge is 2.36. The van der Waals surface area contributed by atoms with E-state index in [4.69, 9.17) is 0 Å². The molecular weight excluding hydrogens is 236 g/mol. The maximum absolute atomic E-state index is 4.35. The van der Waals surface area contributed by atoms with Gasteiger partial charge in [-0.1, -0.05) is 19.8 Å². The van der Waals surface area contributed by atoms with Crippen molar-refractivity contribution in [3.8, 4) is 0 Å². The van der Waals surface area contributed by atoms with Gasteiger partial charge in [0.2, 0.25) is 0 Å². The Morgan fingerprint density at radius 3 is 2.89 bits per heavy atom. The molecule has 1 saturated carbocycles. The molecule has 108 valence electrons. The number of aryl methyl sites for hydroxylation is 1. The molecule has 1 heterocycles. The van der Waals surface area contributed by atoms with Gasteiger partial charge in [0.15, 0.2) is 0 Å². The van der Waals surface area contributed by atoms with Crippen LogP contribution in [0.3, 0.4) is 0 Å². The maximum atomic E-state index is 4.35. The molecule has 1 aliphatic rings. The average molecular weight is 264 g/mol. The van der Waals surface area contributed by atoms with Crippen LogP contribution in [0.25, 0.3) is 0 Å². The summed E-state index contributed by atoms with van der Waals surface area (Å²) in [5, 5.41) is 3.62. The van der Waals surface area contributed by atoms with E-state index in [-0.39, 0.29) is 0 Å². The minimum atomic E-state index is 0.321. The van der Waals surface area contributed by atoms with E-state index in [0.29, 0.717) is 5.54 Å². The zero-order valence-electron chi connectivity index (χ0n) is 12.8. The number of imidazole rings is 1. The second kappa shape index (κ2) is 6.06. The van der Waals surface area contributed by atoms with Crippen molar-refractivity contribution in [2.75, 3.05) is 20.6 Å². The van der Waals surface area contributed by atoms with Gasteiger partial charge in [0.1, 0.15) is 0 Å². The van der Waals surface area contributed by atoms with Crippen molar-refractivity contribution in [2.24, 2.45) is 5.92 Å². The van der Waals surface area contributed by atoms with Gasteiger partial charge in [-0.2, -0.15) is 0 Å². The largest absolute Gasteiger partial charge is 0.348 e. The topological polar surface area (TPSA) is 44.0 Å². The third kappa shape index (κ3) is 3.37. The van der Waals surface area contributed by atoms with Crippen molar-refractivity contribution >= 4 is 0 Å². The fourth-order valence-corrected chi connectivity index (χ4v) is 3.34. The van der Waals surface area contributed by atoms with Crippen LogP contribution in [0, 0.1) is 12.8 Å². The number of H-pyrrole nitrogens is 1. The van der Waals surface area contributed by atoms with Crippen LogP contribution < -0.4 is 5.32 Å². The van der Waals surface area contributed by atoms with Gasteiger partial charge in [0.05, 0.1) is 12.0 Å². The Morgan fingerprint density at radius 2 is 2.32 bits per heavy atom. The Balaban J connectivity index is 1.92. The quantitative estimate of drug-likeness (QED) is 0.858. The highest BCUT2D eigenvalue weighted by Crippen LogP contribution is 2.35. The van der Waals surface area contributed by atoms with Crippen molar-refractivity contribution in [3.63, 3.8) is 0 Å². The van der Waals surface area contributed by atoms with E-state index >= 15 is 0 Å². The van der Waals surface area contributed by atoms with Crippen LogP contribution in [0.4, 0.5) is 0 Å². The molecule has 19 heavy (non-hydrogen) atoms. The van der Waals surface area contributed by atoms with Gasteiger partial charge < -0.3 is 15.2 Å². The summed E-state index contributed by atoms with van der Waals surface area (Å²) >= 11 is 0. The molecule has 0 bridgehead atoms. The first kappa shape index (κ1) is 14.5. The number of aromatic amines is 1. The molecule has 1 aliphatic carbocycles. The Kier molecular flexibility index (Phi) is 4.63. The van der Waals surface area contributed by atoms with Crippen LogP contribution in [-0.4, -0.2) is 41.0 Å². The molecule has 0 aromatic carbocycles. The number of hydrogen-bond donors (Lipinski definition) is 2. The van der Waals surface area contributed by atoms with Crippen molar-refractivity contribution in [1.29, 1.82) is 0 Å². The van der Waals surface area contributed by atoms with Gasteiger partial charge in [0.25, 0.3) is 0 Å². The summed E-state index contributed by atoms with van der Waals surface area (Å²) in [6.45, 7) is 6.37. The van der Waals surface area contributed by atoms with Crippen LogP contribution in [0.1, 0.15) is 44.0 Å². The summed E-state index contributed by atoms with van der Waals surface area (Å²) in [5.74, 6) is 0.838. The van der Waals surface area contributed by atoms with Gasteiger partial charge in [-0.05, 0) is 39.8 Å². The van der Waals surface area contributed by atoms with E-state index in [0.717, 1.165) is 24.7 Å². The molecule has 2 atom stereocenters. The molecule has 4 heteroatoms. The third-order valence-corrected chi connectivity index (χ3v) is 4.70. The molecule has 0 saturated heterocycles. The van der Waals surface area contributed by atoms with E-state index < -0.39 is 0 Å². The van der Waals surface area contributed by atoms with Crippen LogP contribution in [0.15, 0.2) is 6.33 Å². The molecule has 0 radical (unpaired) electrons. The lowest BCUT2D eigenvalue weighted by Gasteiger charge is -2.45. The SMILES string of the molecule is Cc1[nH]cnc1CNCC1(N(C)C)CCCC(C)C1. The molecule has 2 rings (SSSR count). The minimum Gasteiger partial charge on any atom is -0.348 e. The van der Waals surface area contributed by atoms with E-state index in [1.807, 2.05) is 0 Å². The summed E-state index contributed by atoms with van der Waals surface area (Å²) in [6.07, 6.45) is 7.11. The Hall–Kier alpha value is -0.870. The molecule has 4 nitrogen and oxygen atoms in total. The van der Waals surface area contributed by atoms with Gasteiger partial charge >= 0.3 is 0 Å². The molecule has 1 fully saturated rings. The molecule has 2 unspecified atom stereocenters. The third-order valence-electron chi connectivity index (χ3n) is 4.70. The van der Waals surface area contributed by atoms with E-state index in [2.05, 4.69) is 48.1 Å². The van der Waals surface area contributed by atoms with Crippen LogP contribution in [0.5, 0.6) is 0 Å². The molecule has 0 spiro atoms. The molecule has 1 aromatic rings. The summed E-state index contributed by atoms with van der Waals surface area (Å²) in [6, 6.07) is 0. The van der Waals surface area contributed by atoms with Gasteiger partial charge in [-0.3, -0.25) is 0 Å². The smallest absolute Gasteiger partial charge is 0.0925 e. The Bertz CT molecular complexity index is 399.